The van der Waals surface area contributed by atoms with E-state index in [0.29, 0.717) is 0 Å². The summed E-state index contributed by atoms with van der Waals surface area (Å²) in [5, 5.41) is 34.8. The van der Waals surface area contributed by atoms with Crippen molar-refractivity contribution in [2.24, 2.45) is 41.6 Å². The number of carbonyl (C=O) groups is 2. The minimum absolute atomic E-state index is 0. The summed E-state index contributed by atoms with van der Waals surface area (Å²) in [6, 6.07) is 0. The molecule has 2 heterocycles. The molecule has 2 rings (SSSR count). The maximum Gasteiger partial charge on any atom is 0.354 e. The van der Waals surface area contributed by atoms with E-state index in [9.17, 15) is 19.8 Å². The first-order valence-electron chi connectivity index (χ1n) is 13.6. The van der Waals surface area contributed by atoms with Crippen LogP contribution in [0, 0.1) is 21.7 Å². The fourth-order valence-corrected chi connectivity index (χ4v) is 3.07. The topological polar surface area (TPSA) is 164 Å². The van der Waals surface area contributed by atoms with Gasteiger partial charge >= 0.3 is 11.9 Å². The number of aliphatic carboxylic acids is 2. The molecule has 0 bridgehead atoms. The van der Waals surface area contributed by atoms with Crippen molar-refractivity contribution in [2.75, 3.05) is 0 Å². The van der Waals surface area contributed by atoms with Crippen molar-refractivity contribution in [3.8, 4) is 0 Å². The number of hydrogen-bond donors (Lipinski definition) is 4. The van der Waals surface area contributed by atoms with Crippen LogP contribution in [0.3, 0.4) is 0 Å². The Labute approximate surface area is 262 Å². The summed E-state index contributed by atoms with van der Waals surface area (Å²) in [5.41, 5.74) is -2.68. The summed E-state index contributed by atoms with van der Waals surface area (Å²) >= 11 is 0. The van der Waals surface area contributed by atoms with Gasteiger partial charge in [0.15, 0.2) is 0 Å². The van der Waals surface area contributed by atoms with Crippen LogP contribution in [0.1, 0.15) is 111 Å². The summed E-state index contributed by atoms with van der Waals surface area (Å²) < 4.78 is 0. The quantitative estimate of drug-likeness (QED) is 0.298. The molecule has 0 aromatic heterocycles. The smallest absolute Gasteiger partial charge is 0.354 e. The van der Waals surface area contributed by atoms with Crippen molar-refractivity contribution in [3.05, 3.63) is 0 Å². The van der Waals surface area contributed by atoms with Crippen LogP contribution in [0.4, 0.5) is 0 Å². The normalized spacial score (nSPS) is 21.9. The van der Waals surface area contributed by atoms with E-state index >= 15 is 0 Å². The van der Waals surface area contributed by atoms with Gasteiger partial charge in [-0.05, 0) is 27.7 Å². The molecule has 0 amide bonds. The van der Waals surface area contributed by atoms with Crippen LogP contribution < -0.4 is 0 Å². The Balaban J connectivity index is -0.000000548. The van der Waals surface area contributed by atoms with Gasteiger partial charge in [-0.25, -0.2) is 29.6 Å². The van der Waals surface area contributed by atoms with Gasteiger partial charge in [0.25, 0.3) is 11.3 Å². The number of carboxylic acid groups (broad SMARTS) is 2. The molecule has 0 saturated heterocycles. The van der Waals surface area contributed by atoms with E-state index in [2.05, 4.69) is 20.0 Å². The zero-order chi connectivity index (χ0) is 32.7. The van der Waals surface area contributed by atoms with Crippen molar-refractivity contribution in [1.82, 2.24) is 0 Å². The molecule has 0 aromatic carbocycles. The first kappa shape index (κ1) is 43.7. The van der Waals surface area contributed by atoms with Crippen molar-refractivity contribution in [2.45, 2.75) is 134 Å². The second-order valence-electron chi connectivity index (χ2n) is 14.7. The molecule has 236 valence electrons. The maximum atomic E-state index is 11.4. The first-order chi connectivity index (χ1) is 17.5. The van der Waals surface area contributed by atoms with Crippen LogP contribution in [0.2, 0.25) is 0 Å². The molecule has 10 nitrogen and oxygen atoms in total. The minimum Gasteiger partial charge on any atom is -0.478 e. The zero-order valence-electron chi connectivity index (χ0n) is 28.2. The molecular weight excluding hydrogens is 560 g/mol. The molecule has 0 fully saturated rings. The van der Waals surface area contributed by atoms with E-state index in [1.807, 2.05) is 83.1 Å². The molecule has 41 heavy (non-hydrogen) atoms. The second-order valence-corrected chi connectivity index (χ2v) is 14.7. The average molecular weight is 617 g/mol. The van der Waals surface area contributed by atoms with E-state index in [1.54, 1.807) is 40.1 Å². The van der Waals surface area contributed by atoms with Crippen LogP contribution >= 0.6 is 0 Å². The molecule has 2 atom stereocenters. The zero-order valence-corrected chi connectivity index (χ0v) is 29.8. The Bertz CT molecular complexity index is 905. The van der Waals surface area contributed by atoms with Gasteiger partial charge in [-0.15, -0.1) is 0 Å². The molecule has 0 saturated carbocycles. The van der Waals surface area contributed by atoms with E-state index in [-0.39, 0.29) is 44.8 Å². The van der Waals surface area contributed by atoms with E-state index < -0.39 is 34.1 Å². The number of aliphatic hydroxyl groups excluding tert-OH is 2. The number of hydrogen-bond acceptors (Lipinski definition) is 8. The number of carboxylic acids is 2. The molecule has 0 radical (unpaired) electrons. The van der Waals surface area contributed by atoms with Gasteiger partial charge in [0.1, 0.15) is 0 Å². The molecule has 2 aliphatic heterocycles. The van der Waals surface area contributed by atoms with Crippen LogP contribution in [0.5, 0.6) is 0 Å². The predicted octanol–water partition coefficient (Wildman–Crippen LogP) is 5.54. The van der Waals surface area contributed by atoms with Crippen molar-refractivity contribution in [1.29, 1.82) is 0 Å². The van der Waals surface area contributed by atoms with Gasteiger partial charge in [-0.2, -0.15) is 0 Å². The Morgan fingerprint density at radius 1 is 0.610 bits per heavy atom. The molecule has 2 unspecified atom stereocenters. The largest absolute Gasteiger partial charge is 0.478 e. The predicted molar refractivity (Wildman–Crippen MR) is 165 cm³/mol. The molecule has 0 aromatic rings. The molecule has 4 N–H and O–H groups in total. The Morgan fingerprint density at radius 3 is 0.878 bits per heavy atom. The van der Waals surface area contributed by atoms with E-state index in [4.69, 9.17) is 10.2 Å². The van der Waals surface area contributed by atoms with E-state index in [0.717, 1.165) is 11.4 Å². The van der Waals surface area contributed by atoms with Gasteiger partial charge in [0.05, 0.1) is 11.4 Å². The molecular formula is C30H56N4O6Ti. The van der Waals surface area contributed by atoms with Crippen LogP contribution in [-0.4, -0.2) is 79.8 Å². The summed E-state index contributed by atoms with van der Waals surface area (Å²) in [4.78, 5) is 39.9. The average Bonchev–Trinajstić information content (AvgIpc) is 3.33. The fraction of sp³-hybridized carbons (Fsp3) is 0.800. The van der Waals surface area contributed by atoms with Gasteiger partial charge in [0.2, 0.25) is 0 Å². The van der Waals surface area contributed by atoms with Crippen LogP contribution in [0.25, 0.3) is 0 Å². The maximum absolute atomic E-state index is 11.4. The van der Waals surface area contributed by atoms with Gasteiger partial charge < -0.3 is 20.4 Å². The number of aliphatic imine (C=N–C) groups is 4. The number of aliphatic hydroxyl groups is 2. The first-order valence-corrected chi connectivity index (χ1v) is 13.6. The Morgan fingerprint density at radius 2 is 0.805 bits per heavy atom. The van der Waals surface area contributed by atoms with Crippen molar-refractivity contribution in [3.63, 3.8) is 0 Å². The SMILES string of the molecule is CC(C)(C)C1=NC(C(=O)O)(C(C)(C)C)N=C1.CC(C)(C)C1=NC(C(=O)O)(C(C)(C)C)N=C1.CC(C)O.CC(C)O.[Ti]. The third-order valence-electron chi connectivity index (χ3n) is 5.54. The summed E-state index contributed by atoms with van der Waals surface area (Å²) in [7, 11) is 0. The molecule has 0 spiro atoms. The monoisotopic (exact) mass is 616 g/mol. The summed E-state index contributed by atoms with van der Waals surface area (Å²) in [6.07, 6.45) is 2.86. The van der Waals surface area contributed by atoms with Gasteiger partial charge in [-0.3, -0.25) is 0 Å². The third kappa shape index (κ3) is 13.0. The second kappa shape index (κ2) is 15.6. The minimum atomic E-state index is -1.37. The summed E-state index contributed by atoms with van der Waals surface area (Å²) in [5.74, 6) is -1.98. The number of nitrogens with zero attached hydrogens (tertiary/aromatic N) is 4. The van der Waals surface area contributed by atoms with Gasteiger partial charge in [-0.1, -0.05) is 83.1 Å². The van der Waals surface area contributed by atoms with Crippen molar-refractivity contribution < 1.29 is 51.7 Å². The standard InChI is InChI=1S/2C12H20N2O2.2C3H8O.Ti/c2*1-10(2,3)8-7-13-12(14-8,9(15)16)11(4,5)6;2*1-3(2)4;/h2*7H,1-6H3,(H,15,16);2*3-4H,1-2H3;. The van der Waals surface area contributed by atoms with Crippen molar-refractivity contribution >= 4 is 35.8 Å². The molecule has 11 heteroatoms. The molecule has 0 aliphatic carbocycles. The third-order valence-corrected chi connectivity index (χ3v) is 5.54. The Hall–Kier alpha value is -1.75. The fourth-order valence-electron chi connectivity index (χ4n) is 3.07. The van der Waals surface area contributed by atoms with Crippen LogP contribution in [-0.2, 0) is 31.3 Å². The molecule has 2 aliphatic rings. The van der Waals surface area contributed by atoms with Crippen LogP contribution in [0.15, 0.2) is 20.0 Å². The Kier molecular flexibility index (Phi) is 16.7. The van der Waals surface area contributed by atoms with Gasteiger partial charge in [0, 0.05) is 68.0 Å². The number of rotatable bonds is 2. The van der Waals surface area contributed by atoms with E-state index in [1.165, 1.54) is 0 Å². The summed E-state index contributed by atoms with van der Waals surface area (Å²) in [6.45, 7) is 29.9.